The van der Waals surface area contributed by atoms with E-state index in [9.17, 15) is 4.79 Å². The van der Waals surface area contributed by atoms with Gasteiger partial charge in [0.1, 0.15) is 5.82 Å². The van der Waals surface area contributed by atoms with Gasteiger partial charge < -0.3 is 10.2 Å². The average molecular weight is 302 g/mol. The lowest BCUT2D eigenvalue weighted by atomic mass is 10.2. The van der Waals surface area contributed by atoms with Gasteiger partial charge in [-0.1, -0.05) is 12.1 Å². The Balaban J connectivity index is 1.88. The summed E-state index contributed by atoms with van der Waals surface area (Å²) in [6, 6.07) is 7.54. The topological polar surface area (TPSA) is 50.2 Å². The molecule has 0 spiro atoms. The number of benzene rings is 1. The molecule has 5 heteroatoms. The van der Waals surface area contributed by atoms with Gasteiger partial charge in [-0.05, 0) is 65.6 Å². The van der Waals surface area contributed by atoms with Gasteiger partial charge in [0.15, 0.2) is 0 Å². The Labute approximate surface area is 132 Å². The number of nitrogens with zero attached hydrogens (tertiary/aromatic N) is 3. The summed E-state index contributed by atoms with van der Waals surface area (Å²) in [7, 11) is 4.17. The lowest BCUT2D eigenvalue weighted by molar-refractivity contribution is 0.393. The zero-order valence-electron chi connectivity index (χ0n) is 13.8. The number of para-hydroxylation sites is 1. The molecule has 0 radical (unpaired) electrons. The van der Waals surface area contributed by atoms with Crippen LogP contribution in [0.1, 0.15) is 18.7 Å². The third-order valence-electron chi connectivity index (χ3n) is 3.75. The zero-order valence-corrected chi connectivity index (χ0v) is 13.8. The molecule has 0 bridgehead atoms. The van der Waals surface area contributed by atoms with Crippen molar-refractivity contribution in [2.24, 2.45) is 0 Å². The number of aromatic nitrogens is 2. The van der Waals surface area contributed by atoms with Crippen LogP contribution in [0.4, 0.5) is 0 Å². The van der Waals surface area contributed by atoms with E-state index in [4.69, 9.17) is 0 Å². The van der Waals surface area contributed by atoms with Crippen LogP contribution >= 0.6 is 0 Å². The van der Waals surface area contributed by atoms with Crippen molar-refractivity contribution >= 4 is 10.9 Å². The minimum atomic E-state index is 0.0655. The summed E-state index contributed by atoms with van der Waals surface area (Å²) in [5.74, 6) is 0.788. The SMILES string of the molecule is Cc1nc2ccccc2c(=O)n1CCCNCCCN(C)C. The van der Waals surface area contributed by atoms with Crippen molar-refractivity contribution in [1.82, 2.24) is 19.8 Å². The number of nitrogens with one attached hydrogen (secondary N) is 1. The molecule has 0 saturated heterocycles. The van der Waals surface area contributed by atoms with E-state index in [0.717, 1.165) is 43.8 Å². The van der Waals surface area contributed by atoms with Crippen LogP contribution < -0.4 is 10.9 Å². The molecule has 2 rings (SSSR count). The molecule has 0 aliphatic heterocycles. The highest BCUT2D eigenvalue weighted by atomic mass is 16.1. The minimum absolute atomic E-state index is 0.0655. The summed E-state index contributed by atoms with van der Waals surface area (Å²) in [6.07, 6.45) is 2.08. The van der Waals surface area contributed by atoms with Crippen molar-refractivity contribution < 1.29 is 0 Å². The number of hydrogen-bond acceptors (Lipinski definition) is 4. The van der Waals surface area contributed by atoms with E-state index in [1.54, 1.807) is 4.57 Å². The Morgan fingerprint density at radius 3 is 2.68 bits per heavy atom. The highest BCUT2D eigenvalue weighted by Gasteiger charge is 2.06. The second-order valence-corrected chi connectivity index (χ2v) is 5.89. The van der Waals surface area contributed by atoms with Gasteiger partial charge in [-0.25, -0.2) is 4.98 Å². The first kappa shape index (κ1) is 16.6. The van der Waals surface area contributed by atoms with Gasteiger partial charge in [-0.3, -0.25) is 9.36 Å². The highest BCUT2D eigenvalue weighted by molar-refractivity contribution is 5.77. The zero-order chi connectivity index (χ0) is 15.9. The third-order valence-corrected chi connectivity index (χ3v) is 3.75. The summed E-state index contributed by atoms with van der Waals surface area (Å²) in [4.78, 5) is 19.2. The van der Waals surface area contributed by atoms with Crippen LogP contribution in [0.3, 0.4) is 0 Å². The molecular formula is C17H26N4O. The van der Waals surface area contributed by atoms with Gasteiger partial charge in [0.25, 0.3) is 5.56 Å². The molecule has 1 N–H and O–H groups in total. The second-order valence-electron chi connectivity index (χ2n) is 5.89. The molecule has 1 aromatic heterocycles. The number of hydrogen-bond donors (Lipinski definition) is 1. The molecule has 1 heterocycles. The average Bonchev–Trinajstić information content (AvgIpc) is 2.49. The van der Waals surface area contributed by atoms with Crippen molar-refractivity contribution in [3.8, 4) is 0 Å². The molecule has 0 saturated carbocycles. The first-order valence-electron chi connectivity index (χ1n) is 7.91. The van der Waals surface area contributed by atoms with Crippen molar-refractivity contribution in [2.75, 3.05) is 33.7 Å². The summed E-state index contributed by atoms with van der Waals surface area (Å²) in [5.41, 5.74) is 0.846. The van der Waals surface area contributed by atoms with Gasteiger partial charge >= 0.3 is 0 Å². The quantitative estimate of drug-likeness (QED) is 0.753. The van der Waals surface area contributed by atoms with Crippen LogP contribution in [-0.4, -0.2) is 48.2 Å². The van der Waals surface area contributed by atoms with E-state index in [2.05, 4.69) is 29.3 Å². The molecule has 0 aliphatic carbocycles. The summed E-state index contributed by atoms with van der Waals surface area (Å²) < 4.78 is 1.78. The third kappa shape index (κ3) is 4.39. The van der Waals surface area contributed by atoms with Crippen molar-refractivity contribution in [1.29, 1.82) is 0 Å². The first-order chi connectivity index (χ1) is 10.6. The Kier molecular flexibility index (Phi) is 6.10. The summed E-state index contributed by atoms with van der Waals surface area (Å²) in [6.45, 7) is 5.65. The summed E-state index contributed by atoms with van der Waals surface area (Å²) >= 11 is 0. The van der Waals surface area contributed by atoms with Gasteiger partial charge in [-0.2, -0.15) is 0 Å². The van der Waals surface area contributed by atoms with Crippen molar-refractivity contribution in [2.45, 2.75) is 26.3 Å². The van der Waals surface area contributed by atoms with E-state index < -0.39 is 0 Å². The Bertz CT molecular complexity index is 663. The maximum Gasteiger partial charge on any atom is 0.261 e. The maximum atomic E-state index is 12.5. The molecule has 5 nitrogen and oxygen atoms in total. The Hall–Kier alpha value is -1.72. The number of aryl methyl sites for hydroxylation is 1. The van der Waals surface area contributed by atoms with Crippen molar-refractivity contribution in [3.05, 3.63) is 40.4 Å². The molecule has 0 atom stereocenters. The van der Waals surface area contributed by atoms with Crippen molar-refractivity contribution in [3.63, 3.8) is 0 Å². The van der Waals surface area contributed by atoms with Crippen LogP contribution in [0.25, 0.3) is 10.9 Å². The highest BCUT2D eigenvalue weighted by Crippen LogP contribution is 2.07. The van der Waals surface area contributed by atoms with Crippen LogP contribution in [0.5, 0.6) is 0 Å². The molecule has 0 amide bonds. The predicted octanol–water partition coefficient (Wildman–Crippen LogP) is 1.64. The normalized spacial score (nSPS) is 11.5. The molecular weight excluding hydrogens is 276 g/mol. The fraction of sp³-hybridized carbons (Fsp3) is 0.529. The molecule has 0 fully saturated rings. The first-order valence-corrected chi connectivity index (χ1v) is 7.91. The molecule has 2 aromatic rings. The van der Waals surface area contributed by atoms with Crippen LogP contribution in [-0.2, 0) is 6.54 Å². The Morgan fingerprint density at radius 2 is 1.91 bits per heavy atom. The Morgan fingerprint density at radius 1 is 1.18 bits per heavy atom. The molecule has 0 aliphatic rings. The van der Waals surface area contributed by atoms with E-state index in [1.165, 1.54) is 0 Å². The van der Waals surface area contributed by atoms with Gasteiger partial charge in [-0.15, -0.1) is 0 Å². The van der Waals surface area contributed by atoms with E-state index >= 15 is 0 Å². The molecule has 120 valence electrons. The van der Waals surface area contributed by atoms with Gasteiger partial charge in [0.2, 0.25) is 0 Å². The van der Waals surface area contributed by atoms with Crippen LogP contribution in [0.2, 0.25) is 0 Å². The second kappa shape index (κ2) is 8.06. The molecule has 0 unspecified atom stereocenters. The van der Waals surface area contributed by atoms with Gasteiger partial charge in [0, 0.05) is 6.54 Å². The monoisotopic (exact) mass is 302 g/mol. The molecule has 1 aromatic carbocycles. The van der Waals surface area contributed by atoms with Crippen LogP contribution in [0.15, 0.2) is 29.1 Å². The number of rotatable bonds is 8. The van der Waals surface area contributed by atoms with Gasteiger partial charge in [0.05, 0.1) is 10.9 Å². The lowest BCUT2D eigenvalue weighted by Gasteiger charge is -2.12. The standard InChI is InChI=1S/C17H26N4O/c1-14-19-16-9-5-4-8-15(16)17(22)21(14)13-7-11-18-10-6-12-20(2)3/h4-5,8-9,18H,6-7,10-13H2,1-3H3. The predicted molar refractivity (Wildman–Crippen MR) is 91.4 cm³/mol. The summed E-state index contributed by atoms with van der Waals surface area (Å²) in [5, 5.41) is 4.13. The largest absolute Gasteiger partial charge is 0.317 e. The van der Waals surface area contributed by atoms with E-state index in [1.807, 2.05) is 31.2 Å². The van der Waals surface area contributed by atoms with E-state index in [-0.39, 0.29) is 5.56 Å². The minimum Gasteiger partial charge on any atom is -0.317 e. The fourth-order valence-corrected chi connectivity index (χ4v) is 2.55. The fourth-order valence-electron chi connectivity index (χ4n) is 2.55. The maximum absolute atomic E-state index is 12.5. The number of fused-ring (bicyclic) bond motifs is 1. The van der Waals surface area contributed by atoms with Crippen LogP contribution in [0, 0.1) is 6.92 Å². The molecule has 22 heavy (non-hydrogen) atoms. The lowest BCUT2D eigenvalue weighted by Crippen LogP contribution is -2.27. The smallest absolute Gasteiger partial charge is 0.261 e. The van der Waals surface area contributed by atoms with E-state index in [0.29, 0.717) is 11.9 Å².